The van der Waals surface area contributed by atoms with Crippen molar-refractivity contribution in [3.63, 3.8) is 0 Å². The summed E-state index contributed by atoms with van der Waals surface area (Å²) in [6.07, 6.45) is 16.6. The highest BCUT2D eigenvalue weighted by molar-refractivity contribution is 8.03. The van der Waals surface area contributed by atoms with Crippen LogP contribution in [0.5, 0.6) is 0 Å². The van der Waals surface area contributed by atoms with E-state index in [0.29, 0.717) is 0 Å². The summed E-state index contributed by atoms with van der Waals surface area (Å²) >= 11 is 3.79. The van der Waals surface area contributed by atoms with Crippen molar-refractivity contribution >= 4 is 46.2 Å². The molecular weight excluding hydrogens is 464 g/mol. The largest absolute Gasteiger partial charge is 0.335 e. The van der Waals surface area contributed by atoms with Crippen LogP contribution in [0.3, 0.4) is 0 Å². The van der Waals surface area contributed by atoms with E-state index in [-0.39, 0.29) is 0 Å². The summed E-state index contributed by atoms with van der Waals surface area (Å²) in [7, 11) is 0. The van der Waals surface area contributed by atoms with Gasteiger partial charge < -0.3 is 4.90 Å². The van der Waals surface area contributed by atoms with Crippen LogP contribution < -0.4 is 9.47 Å². The maximum Gasteiger partial charge on any atom is 0.213 e. The van der Waals surface area contributed by atoms with E-state index in [1.54, 1.807) is 0 Å². The average Bonchev–Trinajstić information content (AvgIpc) is 3.17. The van der Waals surface area contributed by atoms with E-state index in [4.69, 9.17) is 0 Å². The van der Waals surface area contributed by atoms with E-state index in [2.05, 4.69) is 117 Å². The molecule has 2 nitrogen and oxygen atoms in total. The van der Waals surface area contributed by atoms with Crippen molar-refractivity contribution in [1.29, 1.82) is 0 Å². The van der Waals surface area contributed by atoms with Gasteiger partial charge in [-0.25, -0.2) is 0 Å². The average molecular weight is 502 g/mol. The van der Waals surface area contributed by atoms with E-state index in [1.807, 2.05) is 23.5 Å². The Bertz CT molecular complexity index is 1320. The molecule has 0 saturated heterocycles. The van der Waals surface area contributed by atoms with Crippen LogP contribution in [0.4, 0.5) is 5.69 Å². The molecular formula is C31H37N2S2+. The topological polar surface area (TPSA) is 7.12 Å². The number of hydrogen-bond donors (Lipinski definition) is 0. The molecule has 0 N–H and O–H groups in total. The molecule has 0 unspecified atom stereocenters. The number of rotatable bonds is 8. The molecule has 4 heteroatoms. The SMILES string of the molecule is CCN1C(=CC=CC=Cc2cc[n+](CCCSC)c3cc(C)c(C)cc23)Sc2cc(C)c(C)cc21. The van der Waals surface area contributed by atoms with Gasteiger partial charge in [-0.1, -0.05) is 36.1 Å². The Hall–Kier alpha value is -2.43. The first-order valence-corrected chi connectivity index (χ1v) is 14.7. The minimum absolute atomic E-state index is 0.976. The van der Waals surface area contributed by atoms with Crippen LogP contribution in [0.1, 0.15) is 41.2 Å². The van der Waals surface area contributed by atoms with Gasteiger partial charge in [-0.2, -0.15) is 16.3 Å². The normalized spacial score (nSPS) is 14.8. The molecule has 182 valence electrons. The molecule has 4 rings (SSSR count). The Morgan fingerprint density at radius 2 is 1.69 bits per heavy atom. The lowest BCUT2D eigenvalue weighted by molar-refractivity contribution is -0.671. The zero-order valence-corrected chi connectivity index (χ0v) is 23.5. The standard InChI is InChI=1S/C31H37N2S2/c1-7-33-29-20-24(4)25(5)21-30(29)35-31(33)13-10-8-9-12-26-14-16-32(15-11-17-34-6)28-19-23(3)22(2)18-27(26)28/h8-10,12-14,16,18-21H,7,11,15,17H2,1-6H3/q+1. The number of allylic oxidation sites excluding steroid dienone is 4. The third-order valence-electron chi connectivity index (χ3n) is 6.81. The third kappa shape index (κ3) is 5.70. The summed E-state index contributed by atoms with van der Waals surface area (Å²) in [5.74, 6) is 1.19. The molecule has 1 aliphatic rings. The predicted molar refractivity (Wildman–Crippen MR) is 158 cm³/mol. The summed E-state index contributed by atoms with van der Waals surface area (Å²) < 4.78 is 2.41. The second-order valence-corrected chi connectivity index (χ2v) is 11.3. The van der Waals surface area contributed by atoms with Crippen molar-refractivity contribution in [2.75, 3.05) is 23.5 Å². The number of pyridine rings is 1. The Kier molecular flexibility index (Phi) is 8.46. The molecule has 0 bridgehead atoms. The van der Waals surface area contributed by atoms with Gasteiger partial charge in [0.05, 0.1) is 16.1 Å². The first kappa shape index (κ1) is 25.7. The summed E-state index contributed by atoms with van der Waals surface area (Å²) in [6.45, 7) is 13.1. The minimum atomic E-state index is 0.976. The number of benzene rings is 2. The molecule has 3 aromatic rings. The van der Waals surface area contributed by atoms with Gasteiger partial charge in [0.2, 0.25) is 5.52 Å². The molecule has 0 spiro atoms. The van der Waals surface area contributed by atoms with E-state index in [1.165, 1.54) is 66.5 Å². The van der Waals surface area contributed by atoms with Gasteiger partial charge in [0.25, 0.3) is 0 Å². The molecule has 1 aliphatic heterocycles. The van der Waals surface area contributed by atoms with Gasteiger partial charge >= 0.3 is 0 Å². The van der Waals surface area contributed by atoms with Gasteiger partial charge in [0.15, 0.2) is 6.20 Å². The number of anilines is 1. The number of nitrogens with zero attached hydrogens (tertiary/aromatic N) is 2. The minimum Gasteiger partial charge on any atom is -0.335 e. The van der Waals surface area contributed by atoms with Crippen molar-refractivity contribution in [1.82, 2.24) is 0 Å². The fraction of sp³-hybridized carbons (Fsp3) is 0.323. The van der Waals surface area contributed by atoms with Crippen molar-refractivity contribution in [2.45, 2.75) is 52.5 Å². The summed E-state index contributed by atoms with van der Waals surface area (Å²) in [6, 6.07) is 11.6. The van der Waals surface area contributed by atoms with E-state index in [9.17, 15) is 0 Å². The zero-order valence-electron chi connectivity index (χ0n) is 21.9. The highest BCUT2D eigenvalue weighted by Crippen LogP contribution is 2.46. The number of aryl methyl sites for hydroxylation is 5. The van der Waals surface area contributed by atoms with Crippen LogP contribution in [-0.2, 0) is 6.54 Å². The fourth-order valence-corrected chi connectivity index (χ4v) is 6.13. The summed E-state index contributed by atoms with van der Waals surface area (Å²) in [4.78, 5) is 3.77. The molecule has 0 saturated carbocycles. The smallest absolute Gasteiger partial charge is 0.213 e. The quantitative estimate of drug-likeness (QED) is 0.175. The molecule has 0 fully saturated rings. The predicted octanol–water partition coefficient (Wildman–Crippen LogP) is 8.16. The third-order valence-corrected chi connectivity index (χ3v) is 8.62. The Morgan fingerprint density at radius 1 is 0.943 bits per heavy atom. The molecule has 0 radical (unpaired) electrons. The monoisotopic (exact) mass is 501 g/mol. The molecule has 0 atom stereocenters. The van der Waals surface area contributed by atoms with Crippen LogP contribution in [0.2, 0.25) is 0 Å². The van der Waals surface area contributed by atoms with Gasteiger partial charge in [0.1, 0.15) is 6.54 Å². The maximum absolute atomic E-state index is 2.41. The van der Waals surface area contributed by atoms with Crippen LogP contribution in [0.15, 0.2) is 70.8 Å². The second-order valence-electron chi connectivity index (χ2n) is 9.26. The Balaban J connectivity index is 1.55. The van der Waals surface area contributed by atoms with Crippen molar-refractivity contribution < 1.29 is 4.57 Å². The number of fused-ring (bicyclic) bond motifs is 2. The van der Waals surface area contributed by atoms with Crippen LogP contribution in [0, 0.1) is 27.7 Å². The summed E-state index contributed by atoms with van der Waals surface area (Å²) in [5, 5.41) is 2.62. The highest BCUT2D eigenvalue weighted by Gasteiger charge is 2.24. The van der Waals surface area contributed by atoms with Crippen molar-refractivity contribution in [2.24, 2.45) is 0 Å². The molecule has 0 amide bonds. The first-order valence-electron chi connectivity index (χ1n) is 12.5. The van der Waals surface area contributed by atoms with Gasteiger partial charge in [0, 0.05) is 30.0 Å². The Morgan fingerprint density at radius 3 is 2.46 bits per heavy atom. The van der Waals surface area contributed by atoms with Crippen LogP contribution in [-0.4, -0.2) is 18.6 Å². The maximum atomic E-state index is 2.41. The first-order chi connectivity index (χ1) is 16.9. The van der Waals surface area contributed by atoms with E-state index < -0.39 is 0 Å². The van der Waals surface area contributed by atoms with E-state index in [0.717, 1.165) is 13.1 Å². The number of hydrogen-bond acceptors (Lipinski definition) is 3. The second kappa shape index (κ2) is 11.5. The van der Waals surface area contributed by atoms with Gasteiger partial charge in [-0.05, 0) is 98.7 Å². The molecule has 2 heterocycles. The van der Waals surface area contributed by atoms with Crippen molar-refractivity contribution in [3.8, 4) is 0 Å². The van der Waals surface area contributed by atoms with Gasteiger partial charge in [-0.3, -0.25) is 0 Å². The number of thioether (sulfide) groups is 2. The lowest BCUT2D eigenvalue weighted by Crippen LogP contribution is -2.34. The summed E-state index contributed by atoms with van der Waals surface area (Å²) in [5.41, 5.74) is 9.34. The lowest BCUT2D eigenvalue weighted by Gasteiger charge is -2.18. The lowest BCUT2D eigenvalue weighted by atomic mass is 10.0. The van der Waals surface area contributed by atoms with Crippen molar-refractivity contribution in [3.05, 3.63) is 93.7 Å². The van der Waals surface area contributed by atoms with Gasteiger partial charge in [-0.15, -0.1) is 0 Å². The zero-order chi connectivity index (χ0) is 24.9. The number of aromatic nitrogens is 1. The molecule has 1 aromatic heterocycles. The van der Waals surface area contributed by atoms with E-state index >= 15 is 0 Å². The molecule has 35 heavy (non-hydrogen) atoms. The Labute approximate surface area is 219 Å². The van der Waals surface area contributed by atoms with Crippen LogP contribution in [0.25, 0.3) is 17.0 Å². The van der Waals surface area contributed by atoms with Crippen LogP contribution >= 0.6 is 23.5 Å². The molecule has 2 aromatic carbocycles. The fourth-order valence-electron chi connectivity index (χ4n) is 4.49. The highest BCUT2D eigenvalue weighted by atomic mass is 32.2. The molecule has 0 aliphatic carbocycles.